The molecular formula is C19H28FN7. The standard InChI is InChI=1S/C19H28FN7/c1-3-21-19(23-10-4-6-15-12-24-26-14(15)2)25-16-8-11-27(13-16)18-17(20)7-5-9-22-18/h5,7,9,12,16H,3-4,6,8,10-11,13H2,1-2H3,(H,24,26)(H2,21,23,25). The molecule has 1 saturated heterocycles. The number of rotatable bonds is 7. The molecule has 0 spiro atoms. The van der Waals surface area contributed by atoms with E-state index in [9.17, 15) is 4.39 Å². The summed E-state index contributed by atoms with van der Waals surface area (Å²) in [5, 5.41) is 13.8. The molecule has 7 nitrogen and oxygen atoms in total. The number of pyridine rings is 1. The molecule has 8 heteroatoms. The average molecular weight is 373 g/mol. The lowest BCUT2D eigenvalue weighted by Gasteiger charge is -2.19. The molecular weight excluding hydrogens is 345 g/mol. The van der Waals surface area contributed by atoms with E-state index in [-0.39, 0.29) is 11.9 Å². The zero-order chi connectivity index (χ0) is 19.1. The van der Waals surface area contributed by atoms with Crippen molar-refractivity contribution in [2.45, 2.75) is 39.2 Å². The molecule has 0 radical (unpaired) electrons. The van der Waals surface area contributed by atoms with Crippen molar-refractivity contribution in [3.05, 3.63) is 41.6 Å². The molecule has 27 heavy (non-hydrogen) atoms. The minimum Gasteiger partial charge on any atom is -0.357 e. The lowest BCUT2D eigenvalue weighted by atomic mass is 10.1. The number of guanidine groups is 1. The fourth-order valence-corrected chi connectivity index (χ4v) is 3.28. The number of aliphatic imine (C=N–C) groups is 1. The van der Waals surface area contributed by atoms with Gasteiger partial charge in [-0.25, -0.2) is 9.37 Å². The number of hydrogen-bond donors (Lipinski definition) is 3. The van der Waals surface area contributed by atoms with Crippen LogP contribution in [0, 0.1) is 12.7 Å². The van der Waals surface area contributed by atoms with Crippen LogP contribution in [0.25, 0.3) is 0 Å². The van der Waals surface area contributed by atoms with Crippen LogP contribution in [0.15, 0.2) is 29.5 Å². The largest absolute Gasteiger partial charge is 0.357 e. The van der Waals surface area contributed by atoms with E-state index < -0.39 is 0 Å². The summed E-state index contributed by atoms with van der Waals surface area (Å²) < 4.78 is 13.9. The van der Waals surface area contributed by atoms with Crippen LogP contribution in [0.1, 0.15) is 31.0 Å². The topological polar surface area (TPSA) is 81.2 Å². The maximum absolute atomic E-state index is 13.9. The molecule has 1 aliphatic heterocycles. The van der Waals surface area contributed by atoms with Crippen LogP contribution >= 0.6 is 0 Å². The third kappa shape index (κ3) is 5.18. The summed E-state index contributed by atoms with van der Waals surface area (Å²) in [6, 6.07) is 3.29. The highest BCUT2D eigenvalue weighted by molar-refractivity contribution is 5.80. The van der Waals surface area contributed by atoms with E-state index in [0.717, 1.165) is 50.6 Å². The monoisotopic (exact) mass is 373 g/mol. The molecule has 0 aromatic carbocycles. The SMILES string of the molecule is CCNC(=NCCCc1cn[nH]c1C)NC1CCN(c2ncccc2F)C1. The first-order valence-electron chi connectivity index (χ1n) is 9.56. The normalized spacial score (nSPS) is 17.4. The van der Waals surface area contributed by atoms with E-state index in [1.807, 2.05) is 18.0 Å². The van der Waals surface area contributed by atoms with Crippen molar-refractivity contribution in [3.63, 3.8) is 0 Å². The predicted octanol–water partition coefficient (Wildman–Crippen LogP) is 2.02. The quantitative estimate of drug-likeness (QED) is 0.393. The Bertz CT molecular complexity index is 758. The van der Waals surface area contributed by atoms with Crippen LogP contribution < -0.4 is 15.5 Å². The van der Waals surface area contributed by atoms with E-state index in [1.54, 1.807) is 12.3 Å². The molecule has 0 aliphatic carbocycles. The summed E-state index contributed by atoms with van der Waals surface area (Å²) in [6.45, 7) is 7.13. The van der Waals surface area contributed by atoms with Gasteiger partial charge in [0.2, 0.25) is 0 Å². The number of aromatic amines is 1. The molecule has 0 saturated carbocycles. The number of nitrogens with zero attached hydrogens (tertiary/aromatic N) is 4. The Morgan fingerprint density at radius 1 is 1.48 bits per heavy atom. The molecule has 1 atom stereocenters. The fourth-order valence-electron chi connectivity index (χ4n) is 3.28. The molecule has 3 rings (SSSR count). The van der Waals surface area contributed by atoms with Crippen molar-refractivity contribution >= 4 is 11.8 Å². The van der Waals surface area contributed by atoms with Gasteiger partial charge in [0, 0.05) is 44.1 Å². The highest BCUT2D eigenvalue weighted by Gasteiger charge is 2.25. The van der Waals surface area contributed by atoms with Crippen molar-refractivity contribution in [1.29, 1.82) is 0 Å². The third-order valence-electron chi connectivity index (χ3n) is 4.72. The molecule has 1 aliphatic rings. The van der Waals surface area contributed by atoms with Gasteiger partial charge in [0.15, 0.2) is 17.6 Å². The number of hydrogen-bond acceptors (Lipinski definition) is 4. The van der Waals surface area contributed by atoms with Gasteiger partial charge < -0.3 is 15.5 Å². The first-order valence-corrected chi connectivity index (χ1v) is 9.56. The van der Waals surface area contributed by atoms with Crippen LogP contribution in [0.5, 0.6) is 0 Å². The predicted molar refractivity (Wildman–Crippen MR) is 106 cm³/mol. The van der Waals surface area contributed by atoms with Gasteiger partial charge >= 0.3 is 0 Å². The second-order valence-electron chi connectivity index (χ2n) is 6.77. The van der Waals surface area contributed by atoms with Gasteiger partial charge in [-0.2, -0.15) is 5.10 Å². The first kappa shape index (κ1) is 19.1. The number of anilines is 1. The number of halogens is 1. The molecule has 146 valence electrons. The number of H-pyrrole nitrogens is 1. The van der Waals surface area contributed by atoms with Crippen LogP contribution in [0.3, 0.4) is 0 Å². The molecule has 0 amide bonds. The summed E-state index contributed by atoms with van der Waals surface area (Å²) >= 11 is 0. The second kappa shape index (κ2) is 9.34. The molecule has 2 aromatic rings. The zero-order valence-electron chi connectivity index (χ0n) is 16.0. The fraction of sp³-hybridized carbons (Fsp3) is 0.526. The lowest BCUT2D eigenvalue weighted by molar-refractivity contribution is 0.612. The zero-order valence-corrected chi connectivity index (χ0v) is 16.0. The van der Waals surface area contributed by atoms with Crippen LogP contribution in [-0.4, -0.2) is 53.4 Å². The molecule has 3 heterocycles. The highest BCUT2D eigenvalue weighted by Crippen LogP contribution is 2.20. The van der Waals surface area contributed by atoms with Gasteiger partial charge in [0.05, 0.1) is 6.20 Å². The lowest BCUT2D eigenvalue weighted by Crippen LogP contribution is -2.44. The van der Waals surface area contributed by atoms with Crippen molar-refractivity contribution < 1.29 is 4.39 Å². The Hall–Kier alpha value is -2.64. The Morgan fingerprint density at radius 3 is 3.11 bits per heavy atom. The van der Waals surface area contributed by atoms with Crippen molar-refractivity contribution in [1.82, 2.24) is 25.8 Å². The Balaban J connectivity index is 1.50. The molecule has 2 aromatic heterocycles. The summed E-state index contributed by atoms with van der Waals surface area (Å²) in [4.78, 5) is 10.8. The van der Waals surface area contributed by atoms with Crippen LogP contribution in [-0.2, 0) is 6.42 Å². The third-order valence-corrected chi connectivity index (χ3v) is 4.72. The maximum atomic E-state index is 13.9. The minimum absolute atomic E-state index is 0.223. The van der Waals surface area contributed by atoms with Gasteiger partial charge in [-0.05, 0) is 50.8 Å². The Labute approximate surface area is 159 Å². The van der Waals surface area contributed by atoms with Gasteiger partial charge in [-0.15, -0.1) is 0 Å². The maximum Gasteiger partial charge on any atom is 0.191 e. The Morgan fingerprint density at radius 2 is 2.37 bits per heavy atom. The summed E-state index contributed by atoms with van der Waals surface area (Å²) in [5.74, 6) is 0.974. The van der Waals surface area contributed by atoms with Gasteiger partial charge in [0.1, 0.15) is 0 Å². The number of nitrogens with one attached hydrogen (secondary N) is 3. The van der Waals surface area contributed by atoms with Crippen molar-refractivity contribution in [3.8, 4) is 0 Å². The average Bonchev–Trinajstić information content (AvgIpc) is 3.28. The molecule has 1 unspecified atom stereocenters. The molecule has 3 N–H and O–H groups in total. The number of aromatic nitrogens is 3. The smallest absolute Gasteiger partial charge is 0.191 e. The van der Waals surface area contributed by atoms with E-state index in [1.165, 1.54) is 11.6 Å². The number of aryl methyl sites for hydroxylation is 2. The summed E-state index contributed by atoms with van der Waals surface area (Å²) in [6.07, 6.45) is 6.36. The second-order valence-corrected chi connectivity index (χ2v) is 6.77. The van der Waals surface area contributed by atoms with E-state index in [2.05, 4.69) is 37.7 Å². The van der Waals surface area contributed by atoms with Crippen molar-refractivity contribution in [2.75, 3.05) is 31.1 Å². The van der Waals surface area contributed by atoms with E-state index in [0.29, 0.717) is 12.4 Å². The molecule has 1 fully saturated rings. The van der Waals surface area contributed by atoms with Crippen LogP contribution in [0.2, 0.25) is 0 Å². The summed E-state index contributed by atoms with van der Waals surface area (Å²) in [7, 11) is 0. The van der Waals surface area contributed by atoms with Crippen molar-refractivity contribution in [2.24, 2.45) is 4.99 Å². The summed E-state index contributed by atoms with van der Waals surface area (Å²) in [5.41, 5.74) is 2.36. The van der Waals surface area contributed by atoms with Gasteiger partial charge in [-0.3, -0.25) is 10.1 Å². The van der Waals surface area contributed by atoms with Crippen LogP contribution in [0.4, 0.5) is 10.2 Å². The Kier molecular flexibility index (Phi) is 6.62. The van der Waals surface area contributed by atoms with Gasteiger partial charge in [-0.1, -0.05) is 0 Å². The van der Waals surface area contributed by atoms with Gasteiger partial charge in [0.25, 0.3) is 0 Å². The first-order chi connectivity index (χ1) is 13.2. The van der Waals surface area contributed by atoms with E-state index in [4.69, 9.17) is 0 Å². The molecule has 0 bridgehead atoms. The minimum atomic E-state index is -0.270. The van der Waals surface area contributed by atoms with E-state index >= 15 is 0 Å². The highest BCUT2D eigenvalue weighted by atomic mass is 19.1.